The summed E-state index contributed by atoms with van der Waals surface area (Å²) >= 11 is 0. The van der Waals surface area contributed by atoms with Crippen molar-refractivity contribution in [1.29, 1.82) is 0 Å². The largest absolute Gasteiger partial charge is 0.481 e. The molecule has 1 N–H and O–H groups in total. The molecule has 1 unspecified atom stereocenters. The van der Waals surface area contributed by atoms with E-state index in [0.717, 1.165) is 0 Å². The Morgan fingerprint density at radius 1 is 1.28 bits per heavy atom. The molecule has 0 aliphatic heterocycles. The summed E-state index contributed by atoms with van der Waals surface area (Å²) in [5, 5.41) is 9.20. The standard InChI is InChI=1S/C14H14FNO2/c15-13-5-3-4-11(9-13)8-12(14(17)18)10-16-6-1-2-7-16/h1-7,9,12H,8,10H2,(H,17,18). The van der Waals surface area contributed by atoms with Crippen LogP contribution in [0.5, 0.6) is 0 Å². The van der Waals surface area contributed by atoms with Gasteiger partial charge in [0.1, 0.15) is 5.82 Å². The van der Waals surface area contributed by atoms with Crippen molar-refractivity contribution in [1.82, 2.24) is 4.57 Å². The van der Waals surface area contributed by atoms with Crippen LogP contribution in [0, 0.1) is 11.7 Å². The minimum atomic E-state index is -0.868. The Morgan fingerprint density at radius 2 is 2.00 bits per heavy atom. The molecule has 0 fully saturated rings. The van der Waals surface area contributed by atoms with Gasteiger partial charge in [-0.1, -0.05) is 12.1 Å². The summed E-state index contributed by atoms with van der Waals surface area (Å²) in [5.41, 5.74) is 0.703. The SMILES string of the molecule is O=C(O)C(Cc1cccc(F)c1)Cn1cccc1. The lowest BCUT2D eigenvalue weighted by molar-refractivity contribution is -0.142. The van der Waals surface area contributed by atoms with Crippen molar-refractivity contribution >= 4 is 5.97 Å². The summed E-state index contributed by atoms with van der Waals surface area (Å²) in [5.74, 6) is -1.76. The van der Waals surface area contributed by atoms with Crippen LogP contribution in [0.1, 0.15) is 5.56 Å². The second-order valence-corrected chi connectivity index (χ2v) is 4.25. The predicted molar refractivity (Wildman–Crippen MR) is 65.7 cm³/mol. The van der Waals surface area contributed by atoms with Gasteiger partial charge in [-0.15, -0.1) is 0 Å². The van der Waals surface area contributed by atoms with Crippen LogP contribution in [0.3, 0.4) is 0 Å². The van der Waals surface area contributed by atoms with E-state index in [1.165, 1.54) is 12.1 Å². The molecule has 0 amide bonds. The van der Waals surface area contributed by atoms with E-state index < -0.39 is 11.9 Å². The van der Waals surface area contributed by atoms with Crippen molar-refractivity contribution < 1.29 is 14.3 Å². The molecular formula is C14H14FNO2. The van der Waals surface area contributed by atoms with Crippen molar-refractivity contribution in [3.63, 3.8) is 0 Å². The fourth-order valence-electron chi connectivity index (χ4n) is 1.92. The molecule has 1 aromatic heterocycles. The lowest BCUT2D eigenvalue weighted by atomic mass is 9.99. The first kappa shape index (κ1) is 12.4. The van der Waals surface area contributed by atoms with Crippen molar-refractivity contribution in [2.24, 2.45) is 5.92 Å². The third-order valence-electron chi connectivity index (χ3n) is 2.82. The van der Waals surface area contributed by atoms with Gasteiger partial charge in [0.15, 0.2) is 0 Å². The average Bonchev–Trinajstić information content (AvgIpc) is 2.81. The summed E-state index contributed by atoms with van der Waals surface area (Å²) < 4.78 is 14.9. The molecule has 1 heterocycles. The molecule has 0 aliphatic rings. The van der Waals surface area contributed by atoms with E-state index in [4.69, 9.17) is 0 Å². The normalized spacial score (nSPS) is 12.3. The first-order valence-corrected chi connectivity index (χ1v) is 5.73. The highest BCUT2D eigenvalue weighted by atomic mass is 19.1. The van der Waals surface area contributed by atoms with E-state index in [9.17, 15) is 14.3 Å². The molecule has 0 radical (unpaired) electrons. The van der Waals surface area contributed by atoms with Crippen LogP contribution in [0.15, 0.2) is 48.8 Å². The Labute approximate surface area is 104 Å². The minimum Gasteiger partial charge on any atom is -0.481 e. The van der Waals surface area contributed by atoms with Gasteiger partial charge in [-0.3, -0.25) is 4.79 Å². The Bertz CT molecular complexity index is 522. The summed E-state index contributed by atoms with van der Waals surface area (Å²) in [6.07, 6.45) is 3.97. The second-order valence-electron chi connectivity index (χ2n) is 4.25. The summed E-state index contributed by atoms with van der Waals surface area (Å²) in [4.78, 5) is 11.2. The summed E-state index contributed by atoms with van der Waals surface area (Å²) in [6.45, 7) is 0.388. The number of carboxylic acid groups (broad SMARTS) is 1. The zero-order chi connectivity index (χ0) is 13.0. The highest BCUT2D eigenvalue weighted by Crippen LogP contribution is 2.13. The lowest BCUT2D eigenvalue weighted by Crippen LogP contribution is -2.21. The van der Waals surface area contributed by atoms with Gasteiger partial charge < -0.3 is 9.67 Å². The molecule has 0 bridgehead atoms. The topological polar surface area (TPSA) is 42.2 Å². The van der Waals surface area contributed by atoms with E-state index in [-0.39, 0.29) is 5.82 Å². The molecule has 2 aromatic rings. The zero-order valence-electron chi connectivity index (χ0n) is 9.79. The summed E-state index contributed by atoms with van der Waals surface area (Å²) in [7, 11) is 0. The molecule has 0 saturated heterocycles. The molecule has 0 aliphatic carbocycles. The first-order valence-electron chi connectivity index (χ1n) is 5.73. The van der Waals surface area contributed by atoms with Crippen molar-refractivity contribution in [3.8, 4) is 0 Å². The van der Waals surface area contributed by atoms with Crippen molar-refractivity contribution in [2.75, 3.05) is 0 Å². The number of benzene rings is 1. The number of hydrogen-bond donors (Lipinski definition) is 1. The Morgan fingerprint density at radius 3 is 2.61 bits per heavy atom. The Kier molecular flexibility index (Phi) is 3.77. The van der Waals surface area contributed by atoms with Gasteiger partial charge in [0.2, 0.25) is 0 Å². The van der Waals surface area contributed by atoms with Gasteiger partial charge in [-0.2, -0.15) is 0 Å². The average molecular weight is 247 g/mol. The maximum Gasteiger partial charge on any atom is 0.308 e. The monoisotopic (exact) mass is 247 g/mol. The summed E-state index contributed by atoms with van der Waals surface area (Å²) in [6, 6.07) is 9.77. The molecule has 4 heteroatoms. The first-order chi connectivity index (χ1) is 8.65. The lowest BCUT2D eigenvalue weighted by Gasteiger charge is -2.13. The van der Waals surface area contributed by atoms with Crippen LogP contribution in [-0.2, 0) is 17.8 Å². The fourth-order valence-corrected chi connectivity index (χ4v) is 1.92. The molecule has 0 spiro atoms. The van der Waals surface area contributed by atoms with Gasteiger partial charge in [0.05, 0.1) is 5.92 Å². The second kappa shape index (κ2) is 5.49. The number of aromatic nitrogens is 1. The molecule has 3 nitrogen and oxygen atoms in total. The van der Waals surface area contributed by atoms with E-state index in [0.29, 0.717) is 18.5 Å². The number of nitrogens with zero attached hydrogens (tertiary/aromatic N) is 1. The highest BCUT2D eigenvalue weighted by molar-refractivity contribution is 5.70. The van der Waals surface area contributed by atoms with Crippen molar-refractivity contribution in [2.45, 2.75) is 13.0 Å². The predicted octanol–water partition coefficient (Wildman–Crippen LogP) is 2.57. The van der Waals surface area contributed by atoms with Crippen molar-refractivity contribution in [3.05, 3.63) is 60.2 Å². The maximum atomic E-state index is 13.0. The molecule has 94 valence electrons. The van der Waals surface area contributed by atoms with E-state index in [1.54, 1.807) is 12.1 Å². The van der Waals surface area contributed by atoms with Gasteiger partial charge in [0, 0.05) is 18.9 Å². The molecule has 1 atom stereocenters. The quantitative estimate of drug-likeness (QED) is 0.882. The number of carbonyl (C=O) groups is 1. The Hall–Kier alpha value is -2.10. The van der Waals surface area contributed by atoms with Gasteiger partial charge in [-0.05, 0) is 36.2 Å². The Balaban J connectivity index is 2.09. The van der Waals surface area contributed by atoms with Crippen LogP contribution in [0.25, 0.3) is 0 Å². The van der Waals surface area contributed by atoms with Gasteiger partial charge in [0.25, 0.3) is 0 Å². The van der Waals surface area contributed by atoms with Crippen LogP contribution >= 0.6 is 0 Å². The molecule has 2 rings (SSSR count). The number of halogens is 1. The minimum absolute atomic E-state index is 0.325. The van der Waals surface area contributed by atoms with E-state index >= 15 is 0 Å². The number of carboxylic acids is 1. The molecule has 0 saturated carbocycles. The van der Waals surface area contributed by atoms with Gasteiger partial charge in [-0.25, -0.2) is 4.39 Å². The van der Waals surface area contributed by atoms with Crippen LogP contribution in [-0.4, -0.2) is 15.6 Å². The molecule has 18 heavy (non-hydrogen) atoms. The third-order valence-corrected chi connectivity index (χ3v) is 2.82. The van der Waals surface area contributed by atoms with Crippen LogP contribution in [0.4, 0.5) is 4.39 Å². The number of rotatable bonds is 5. The maximum absolute atomic E-state index is 13.0. The van der Waals surface area contributed by atoms with Crippen LogP contribution in [0.2, 0.25) is 0 Å². The highest BCUT2D eigenvalue weighted by Gasteiger charge is 2.18. The number of aliphatic carboxylic acids is 1. The smallest absolute Gasteiger partial charge is 0.308 e. The fraction of sp³-hybridized carbons (Fsp3) is 0.214. The number of hydrogen-bond acceptors (Lipinski definition) is 1. The third kappa shape index (κ3) is 3.20. The molecular weight excluding hydrogens is 233 g/mol. The zero-order valence-corrected chi connectivity index (χ0v) is 9.79. The van der Waals surface area contributed by atoms with E-state index in [2.05, 4.69) is 0 Å². The van der Waals surface area contributed by atoms with Gasteiger partial charge >= 0.3 is 5.97 Å². The molecule has 1 aromatic carbocycles. The van der Waals surface area contributed by atoms with Crippen LogP contribution < -0.4 is 0 Å². The van der Waals surface area contributed by atoms with E-state index in [1.807, 2.05) is 29.1 Å².